The van der Waals surface area contributed by atoms with Crippen LogP contribution < -0.4 is 5.32 Å². The number of para-hydroxylation sites is 1. The average Bonchev–Trinajstić information content (AvgIpc) is 2.67. The van der Waals surface area contributed by atoms with Gasteiger partial charge in [-0.15, -0.1) is 0 Å². The number of pyridine rings is 2. The first-order chi connectivity index (χ1) is 12.6. The molecule has 5 heteroatoms. The van der Waals surface area contributed by atoms with E-state index in [-0.39, 0.29) is 12.0 Å². The molecule has 5 nitrogen and oxygen atoms in total. The maximum atomic E-state index is 12.7. The monoisotopic (exact) mass is 349 g/mol. The third-order valence-corrected chi connectivity index (χ3v) is 3.95. The van der Waals surface area contributed by atoms with Crippen molar-refractivity contribution in [3.05, 3.63) is 60.3 Å². The molecule has 2 heterocycles. The molecule has 0 unspecified atom stereocenters. The molecule has 0 bridgehead atoms. The topological polar surface area (TPSA) is 64.1 Å². The normalized spacial score (nSPS) is 11.0. The Kier molecular flexibility index (Phi) is 5.92. The number of aromatic nitrogens is 2. The van der Waals surface area contributed by atoms with Crippen LogP contribution in [0.15, 0.2) is 54.7 Å². The third-order valence-electron chi connectivity index (χ3n) is 3.95. The number of nitrogens with zero attached hydrogens (tertiary/aromatic N) is 2. The number of ether oxygens (including phenoxy) is 1. The molecule has 1 aromatic carbocycles. The number of hydrogen-bond donors (Lipinski definition) is 1. The lowest BCUT2D eigenvalue weighted by Crippen LogP contribution is -2.26. The number of nitrogens with one attached hydrogen (secondary N) is 1. The Hall–Kier alpha value is -2.79. The van der Waals surface area contributed by atoms with E-state index in [1.807, 2.05) is 62.4 Å². The highest BCUT2D eigenvalue weighted by molar-refractivity contribution is 6.07. The summed E-state index contributed by atoms with van der Waals surface area (Å²) in [4.78, 5) is 21.7. The molecule has 3 aromatic rings. The van der Waals surface area contributed by atoms with Crippen LogP contribution in [0.4, 0.5) is 0 Å². The van der Waals surface area contributed by atoms with E-state index in [1.165, 1.54) is 0 Å². The summed E-state index contributed by atoms with van der Waals surface area (Å²) in [5, 5.41) is 3.81. The third kappa shape index (κ3) is 4.43. The molecular formula is C21H23N3O2. The van der Waals surface area contributed by atoms with Crippen LogP contribution in [-0.4, -0.2) is 35.1 Å². The highest BCUT2D eigenvalue weighted by atomic mass is 16.5. The van der Waals surface area contributed by atoms with Gasteiger partial charge in [0.25, 0.3) is 5.91 Å². The Balaban J connectivity index is 1.83. The van der Waals surface area contributed by atoms with Gasteiger partial charge in [-0.3, -0.25) is 9.78 Å². The van der Waals surface area contributed by atoms with Gasteiger partial charge in [0.15, 0.2) is 0 Å². The summed E-state index contributed by atoms with van der Waals surface area (Å²) in [5.74, 6) is -0.106. The lowest BCUT2D eigenvalue weighted by atomic mass is 10.1. The van der Waals surface area contributed by atoms with Gasteiger partial charge in [0.05, 0.1) is 28.6 Å². The van der Waals surface area contributed by atoms with E-state index in [4.69, 9.17) is 4.74 Å². The van der Waals surface area contributed by atoms with Gasteiger partial charge < -0.3 is 10.1 Å². The van der Waals surface area contributed by atoms with Crippen LogP contribution >= 0.6 is 0 Å². The number of hydrogen-bond acceptors (Lipinski definition) is 4. The fraction of sp³-hybridized carbons (Fsp3) is 0.286. The Morgan fingerprint density at radius 3 is 2.69 bits per heavy atom. The molecule has 2 aromatic heterocycles. The molecule has 0 radical (unpaired) electrons. The van der Waals surface area contributed by atoms with E-state index in [0.29, 0.717) is 24.4 Å². The SMILES string of the molecule is CC(C)OCCCNC(=O)c1cc(-c2ccccn2)nc2ccccc12. The maximum Gasteiger partial charge on any atom is 0.252 e. The minimum atomic E-state index is -0.106. The van der Waals surface area contributed by atoms with Gasteiger partial charge in [0.2, 0.25) is 0 Å². The van der Waals surface area contributed by atoms with Crippen LogP contribution in [0.3, 0.4) is 0 Å². The van der Waals surface area contributed by atoms with Crippen molar-refractivity contribution in [1.29, 1.82) is 0 Å². The summed E-state index contributed by atoms with van der Waals surface area (Å²) in [6, 6.07) is 15.1. The van der Waals surface area contributed by atoms with Crippen LogP contribution in [0, 0.1) is 0 Å². The molecule has 0 aliphatic carbocycles. The van der Waals surface area contributed by atoms with Crippen molar-refractivity contribution in [3.8, 4) is 11.4 Å². The van der Waals surface area contributed by atoms with Gasteiger partial charge in [-0.1, -0.05) is 24.3 Å². The molecular weight excluding hydrogens is 326 g/mol. The summed E-state index contributed by atoms with van der Waals surface area (Å²) >= 11 is 0. The molecule has 0 atom stereocenters. The van der Waals surface area contributed by atoms with E-state index in [2.05, 4.69) is 15.3 Å². The van der Waals surface area contributed by atoms with Crippen molar-refractivity contribution < 1.29 is 9.53 Å². The molecule has 0 saturated carbocycles. The van der Waals surface area contributed by atoms with E-state index < -0.39 is 0 Å². The van der Waals surface area contributed by atoms with Gasteiger partial charge in [0, 0.05) is 24.7 Å². The zero-order valence-corrected chi connectivity index (χ0v) is 15.1. The number of benzene rings is 1. The van der Waals surface area contributed by atoms with E-state index in [9.17, 15) is 4.79 Å². The standard InChI is InChI=1S/C21H23N3O2/c1-15(2)26-13-7-12-23-21(25)17-14-20(19-10-5-6-11-22-19)24-18-9-4-3-8-16(17)18/h3-6,8-11,14-15H,7,12-13H2,1-2H3,(H,23,25). The molecule has 0 saturated heterocycles. The fourth-order valence-electron chi connectivity index (χ4n) is 2.70. The summed E-state index contributed by atoms with van der Waals surface area (Å²) in [7, 11) is 0. The van der Waals surface area contributed by atoms with Crippen molar-refractivity contribution in [2.24, 2.45) is 0 Å². The second-order valence-electron chi connectivity index (χ2n) is 6.32. The van der Waals surface area contributed by atoms with Gasteiger partial charge >= 0.3 is 0 Å². The lowest BCUT2D eigenvalue weighted by Gasteiger charge is -2.11. The number of amides is 1. The molecule has 0 fully saturated rings. The fourth-order valence-corrected chi connectivity index (χ4v) is 2.70. The van der Waals surface area contributed by atoms with Crippen molar-refractivity contribution in [3.63, 3.8) is 0 Å². The van der Waals surface area contributed by atoms with Crippen molar-refractivity contribution in [2.75, 3.05) is 13.2 Å². The zero-order valence-electron chi connectivity index (χ0n) is 15.1. The lowest BCUT2D eigenvalue weighted by molar-refractivity contribution is 0.0757. The van der Waals surface area contributed by atoms with Gasteiger partial charge in [-0.2, -0.15) is 0 Å². The van der Waals surface area contributed by atoms with Crippen molar-refractivity contribution in [2.45, 2.75) is 26.4 Å². The predicted molar refractivity (Wildman–Crippen MR) is 103 cm³/mol. The quantitative estimate of drug-likeness (QED) is 0.658. The minimum Gasteiger partial charge on any atom is -0.379 e. The van der Waals surface area contributed by atoms with Crippen LogP contribution in [-0.2, 0) is 4.74 Å². The summed E-state index contributed by atoms with van der Waals surface area (Å²) in [6.45, 7) is 5.21. The number of carbonyl (C=O) groups is 1. The van der Waals surface area contributed by atoms with E-state index in [1.54, 1.807) is 6.20 Å². The summed E-state index contributed by atoms with van der Waals surface area (Å²) in [6.07, 6.45) is 2.71. The van der Waals surface area contributed by atoms with Gasteiger partial charge in [0.1, 0.15) is 0 Å². The highest BCUT2D eigenvalue weighted by Gasteiger charge is 2.14. The molecule has 1 amide bonds. The Morgan fingerprint density at radius 2 is 1.92 bits per heavy atom. The van der Waals surface area contributed by atoms with Gasteiger partial charge in [-0.25, -0.2) is 4.98 Å². The van der Waals surface area contributed by atoms with Crippen LogP contribution in [0.2, 0.25) is 0 Å². The van der Waals surface area contributed by atoms with Crippen LogP contribution in [0.5, 0.6) is 0 Å². The van der Waals surface area contributed by atoms with Crippen molar-refractivity contribution >= 4 is 16.8 Å². The summed E-state index contributed by atoms with van der Waals surface area (Å²) < 4.78 is 5.51. The van der Waals surface area contributed by atoms with E-state index in [0.717, 1.165) is 23.0 Å². The Labute approximate surface area is 153 Å². The number of fused-ring (bicyclic) bond motifs is 1. The molecule has 1 N–H and O–H groups in total. The Morgan fingerprint density at radius 1 is 1.12 bits per heavy atom. The number of carbonyl (C=O) groups excluding carboxylic acids is 1. The molecule has 134 valence electrons. The molecule has 26 heavy (non-hydrogen) atoms. The zero-order chi connectivity index (χ0) is 18.4. The predicted octanol–water partition coefficient (Wildman–Crippen LogP) is 3.84. The van der Waals surface area contributed by atoms with Crippen molar-refractivity contribution in [1.82, 2.24) is 15.3 Å². The highest BCUT2D eigenvalue weighted by Crippen LogP contribution is 2.23. The molecule has 3 rings (SSSR count). The Bertz CT molecular complexity index is 879. The van der Waals surface area contributed by atoms with Gasteiger partial charge in [-0.05, 0) is 44.5 Å². The largest absolute Gasteiger partial charge is 0.379 e. The molecule has 0 spiro atoms. The molecule has 0 aliphatic rings. The molecule has 0 aliphatic heterocycles. The smallest absolute Gasteiger partial charge is 0.252 e. The van der Waals surface area contributed by atoms with Crippen LogP contribution in [0.25, 0.3) is 22.3 Å². The first-order valence-electron chi connectivity index (χ1n) is 8.86. The second-order valence-corrected chi connectivity index (χ2v) is 6.32. The maximum absolute atomic E-state index is 12.7. The number of rotatable bonds is 7. The first-order valence-corrected chi connectivity index (χ1v) is 8.86. The summed E-state index contributed by atoms with van der Waals surface area (Å²) in [5.41, 5.74) is 2.83. The minimum absolute atomic E-state index is 0.106. The average molecular weight is 349 g/mol. The second kappa shape index (κ2) is 8.54. The van der Waals surface area contributed by atoms with E-state index >= 15 is 0 Å². The first kappa shape index (κ1) is 18.0. The van der Waals surface area contributed by atoms with Crippen LogP contribution in [0.1, 0.15) is 30.6 Å².